The van der Waals surface area contributed by atoms with Crippen LogP contribution in [0.5, 0.6) is 5.75 Å². The second-order valence-electron chi connectivity index (χ2n) is 5.87. The van der Waals surface area contributed by atoms with Crippen LogP contribution >= 0.6 is 0 Å². The highest BCUT2D eigenvalue weighted by atomic mass is 35.5. The van der Waals surface area contributed by atoms with Crippen molar-refractivity contribution < 1.29 is 26.7 Å². The van der Waals surface area contributed by atoms with Gasteiger partial charge in [0.2, 0.25) is 0 Å². The molecular weight excluding hydrogens is 366 g/mol. The van der Waals surface area contributed by atoms with E-state index in [9.17, 15) is 9.59 Å². The Bertz CT molecular complexity index is 792. The molecule has 2 amide bonds. The number of benzene rings is 2. The van der Waals surface area contributed by atoms with E-state index in [1.807, 2.05) is 19.1 Å². The van der Waals surface area contributed by atoms with Crippen LogP contribution in [0.3, 0.4) is 0 Å². The van der Waals surface area contributed by atoms with Crippen molar-refractivity contribution in [3.05, 3.63) is 48.0 Å². The van der Waals surface area contributed by atoms with Gasteiger partial charge in [0.05, 0.1) is 0 Å². The van der Waals surface area contributed by atoms with Gasteiger partial charge in [0, 0.05) is 43.1 Å². The number of hydrogen-bond acceptors (Lipinski definition) is 4. The van der Waals surface area contributed by atoms with E-state index in [2.05, 4.69) is 35.4 Å². The summed E-state index contributed by atoms with van der Waals surface area (Å²) in [6.45, 7) is 9.38. The van der Waals surface area contributed by atoms with E-state index in [4.69, 9.17) is 4.74 Å². The molecular formula is C20H25ClN3O3-. The summed E-state index contributed by atoms with van der Waals surface area (Å²) in [4.78, 5) is 25.5. The SMILES string of the molecule is CCN(CC)c1ccc(NC(=O)Nc2cccc(OC(C)=O)c2)c(C)c1.[Cl-]. The van der Waals surface area contributed by atoms with Gasteiger partial charge in [0.15, 0.2) is 0 Å². The molecule has 146 valence electrons. The third-order valence-electron chi connectivity index (χ3n) is 3.94. The number of esters is 1. The normalized spacial score (nSPS) is 9.78. The van der Waals surface area contributed by atoms with Crippen LogP contribution in [-0.4, -0.2) is 25.1 Å². The fraction of sp³-hybridized carbons (Fsp3) is 0.300. The fourth-order valence-electron chi connectivity index (χ4n) is 2.66. The number of hydrogen-bond donors (Lipinski definition) is 2. The standard InChI is InChI=1S/C20H25N3O3.ClH/c1-5-23(6-2)17-10-11-19(14(3)12-17)22-20(25)21-16-8-7-9-18(13-16)26-15(4)24;/h7-13H,5-6H2,1-4H3,(H2,21,22,25);1H/p-1. The van der Waals surface area contributed by atoms with Gasteiger partial charge in [-0.05, 0) is 56.7 Å². The van der Waals surface area contributed by atoms with Crippen molar-refractivity contribution >= 4 is 29.1 Å². The number of carbonyl (C=O) groups excluding carboxylic acids is 2. The van der Waals surface area contributed by atoms with E-state index < -0.39 is 5.97 Å². The number of aryl methyl sites for hydroxylation is 1. The number of amides is 2. The number of halogens is 1. The van der Waals surface area contributed by atoms with Crippen molar-refractivity contribution in [2.24, 2.45) is 0 Å². The first-order valence-corrected chi connectivity index (χ1v) is 8.65. The molecule has 0 aromatic heterocycles. The summed E-state index contributed by atoms with van der Waals surface area (Å²) in [6, 6.07) is 12.3. The minimum atomic E-state index is -0.407. The predicted octanol–water partition coefficient (Wildman–Crippen LogP) is 1.41. The smallest absolute Gasteiger partial charge is 0.323 e. The molecule has 2 rings (SSSR count). The Balaban J connectivity index is 0.00000364. The summed E-state index contributed by atoms with van der Waals surface area (Å²) in [5, 5.41) is 5.58. The van der Waals surface area contributed by atoms with Gasteiger partial charge in [-0.25, -0.2) is 4.79 Å². The Kier molecular flexibility index (Phi) is 8.62. The van der Waals surface area contributed by atoms with Gasteiger partial charge in [-0.2, -0.15) is 0 Å². The van der Waals surface area contributed by atoms with Crippen LogP contribution in [0.15, 0.2) is 42.5 Å². The van der Waals surface area contributed by atoms with Crippen molar-refractivity contribution in [2.75, 3.05) is 28.6 Å². The van der Waals surface area contributed by atoms with E-state index >= 15 is 0 Å². The first-order valence-electron chi connectivity index (χ1n) is 8.65. The van der Waals surface area contributed by atoms with Gasteiger partial charge in [0.1, 0.15) is 5.75 Å². The minimum Gasteiger partial charge on any atom is -1.00 e. The van der Waals surface area contributed by atoms with Crippen LogP contribution in [0.25, 0.3) is 0 Å². The first kappa shape index (κ1) is 22.3. The number of rotatable bonds is 6. The summed E-state index contributed by atoms with van der Waals surface area (Å²) in [7, 11) is 0. The number of nitrogens with zero attached hydrogens (tertiary/aromatic N) is 1. The summed E-state index contributed by atoms with van der Waals surface area (Å²) in [5.41, 5.74) is 3.40. The maximum absolute atomic E-state index is 12.3. The van der Waals surface area contributed by atoms with Crippen molar-refractivity contribution in [3.63, 3.8) is 0 Å². The first-order chi connectivity index (χ1) is 12.4. The molecule has 0 saturated heterocycles. The van der Waals surface area contributed by atoms with Crippen LogP contribution in [0.4, 0.5) is 21.9 Å². The number of urea groups is 1. The average Bonchev–Trinajstić information content (AvgIpc) is 2.58. The summed E-state index contributed by atoms with van der Waals surface area (Å²) in [6.07, 6.45) is 0. The zero-order valence-electron chi connectivity index (χ0n) is 16.0. The van der Waals surface area contributed by atoms with Crippen LogP contribution in [0.1, 0.15) is 26.3 Å². The molecule has 0 atom stereocenters. The van der Waals surface area contributed by atoms with Crippen molar-refractivity contribution in [3.8, 4) is 5.75 Å². The second kappa shape index (κ2) is 10.4. The van der Waals surface area contributed by atoms with E-state index in [-0.39, 0.29) is 18.4 Å². The summed E-state index contributed by atoms with van der Waals surface area (Å²) >= 11 is 0. The van der Waals surface area contributed by atoms with Crippen LogP contribution < -0.4 is 32.7 Å². The summed E-state index contributed by atoms with van der Waals surface area (Å²) in [5.74, 6) is -0.0226. The molecule has 0 aliphatic rings. The lowest BCUT2D eigenvalue weighted by Crippen LogP contribution is -3.00. The zero-order valence-corrected chi connectivity index (χ0v) is 16.8. The quantitative estimate of drug-likeness (QED) is 0.578. The lowest BCUT2D eigenvalue weighted by molar-refractivity contribution is -0.131. The Hall–Kier alpha value is -2.73. The molecule has 0 spiro atoms. The van der Waals surface area contributed by atoms with Crippen LogP contribution in [0, 0.1) is 6.92 Å². The molecule has 0 aliphatic heterocycles. The van der Waals surface area contributed by atoms with Crippen molar-refractivity contribution in [1.82, 2.24) is 0 Å². The molecule has 27 heavy (non-hydrogen) atoms. The van der Waals surface area contributed by atoms with Crippen LogP contribution in [-0.2, 0) is 4.79 Å². The molecule has 0 fully saturated rings. The fourth-order valence-corrected chi connectivity index (χ4v) is 2.66. The highest BCUT2D eigenvalue weighted by Crippen LogP contribution is 2.23. The second-order valence-corrected chi connectivity index (χ2v) is 5.87. The van der Waals surface area contributed by atoms with Gasteiger partial charge >= 0.3 is 12.0 Å². The van der Waals surface area contributed by atoms with Gasteiger partial charge in [-0.3, -0.25) is 4.79 Å². The van der Waals surface area contributed by atoms with Gasteiger partial charge < -0.3 is 32.7 Å². The molecule has 0 saturated carbocycles. The molecule has 2 aromatic carbocycles. The van der Waals surface area contributed by atoms with Gasteiger partial charge in [0.25, 0.3) is 0 Å². The predicted molar refractivity (Wildman–Crippen MR) is 105 cm³/mol. The molecule has 6 nitrogen and oxygen atoms in total. The number of ether oxygens (including phenoxy) is 1. The van der Waals surface area contributed by atoms with E-state index in [0.717, 1.165) is 30.0 Å². The number of anilines is 3. The number of nitrogens with one attached hydrogen (secondary N) is 2. The maximum atomic E-state index is 12.3. The van der Waals surface area contributed by atoms with Crippen molar-refractivity contribution in [1.29, 1.82) is 0 Å². The van der Waals surface area contributed by atoms with Crippen LogP contribution in [0.2, 0.25) is 0 Å². The molecule has 0 heterocycles. The van der Waals surface area contributed by atoms with Gasteiger partial charge in [-0.15, -0.1) is 0 Å². The van der Waals surface area contributed by atoms with Crippen molar-refractivity contribution in [2.45, 2.75) is 27.7 Å². The lowest BCUT2D eigenvalue weighted by Gasteiger charge is -2.22. The molecule has 0 unspecified atom stereocenters. The largest absolute Gasteiger partial charge is 1.00 e. The Morgan fingerprint density at radius 2 is 1.74 bits per heavy atom. The lowest BCUT2D eigenvalue weighted by atomic mass is 10.1. The topological polar surface area (TPSA) is 70.7 Å². The zero-order chi connectivity index (χ0) is 19.1. The Morgan fingerprint density at radius 3 is 2.33 bits per heavy atom. The Morgan fingerprint density at radius 1 is 1.04 bits per heavy atom. The molecule has 0 radical (unpaired) electrons. The van der Waals surface area contributed by atoms with Gasteiger partial charge in [-0.1, -0.05) is 6.07 Å². The Labute approximate surface area is 166 Å². The molecule has 7 heteroatoms. The number of carbonyl (C=O) groups is 2. The molecule has 2 aromatic rings. The molecule has 2 N–H and O–H groups in total. The summed E-state index contributed by atoms with van der Waals surface area (Å²) < 4.78 is 5.02. The van der Waals surface area contributed by atoms with E-state index in [1.54, 1.807) is 24.3 Å². The molecule has 0 aliphatic carbocycles. The minimum absolute atomic E-state index is 0. The monoisotopic (exact) mass is 390 g/mol. The maximum Gasteiger partial charge on any atom is 0.323 e. The van der Waals surface area contributed by atoms with E-state index in [1.165, 1.54) is 6.92 Å². The highest BCUT2D eigenvalue weighted by Gasteiger charge is 2.09. The van der Waals surface area contributed by atoms with E-state index in [0.29, 0.717) is 11.4 Å². The average molecular weight is 391 g/mol. The third-order valence-corrected chi connectivity index (χ3v) is 3.94. The molecule has 0 bridgehead atoms. The highest BCUT2D eigenvalue weighted by molar-refractivity contribution is 6.00. The third kappa shape index (κ3) is 6.49.